The van der Waals surface area contributed by atoms with Crippen LogP contribution >= 0.6 is 11.6 Å². The second-order valence-electron chi connectivity index (χ2n) is 3.09. The molecule has 2 nitrogen and oxygen atoms in total. The molecule has 0 spiro atoms. The fourth-order valence-electron chi connectivity index (χ4n) is 1.00. The smallest absolute Gasteiger partial charge is 0.128 e. The first-order valence-electron chi connectivity index (χ1n) is 5.10. The van der Waals surface area contributed by atoms with Crippen LogP contribution in [-0.2, 0) is 9.47 Å². The molecule has 0 aliphatic rings. The molecular weight excluding hydrogens is 188 g/mol. The maximum Gasteiger partial charge on any atom is 0.128 e. The van der Waals surface area contributed by atoms with Crippen LogP contribution in [0.5, 0.6) is 0 Å². The molecule has 0 aromatic rings. The van der Waals surface area contributed by atoms with Gasteiger partial charge in [-0.2, -0.15) is 0 Å². The van der Waals surface area contributed by atoms with Gasteiger partial charge in [0.2, 0.25) is 0 Å². The van der Waals surface area contributed by atoms with Crippen molar-refractivity contribution in [1.29, 1.82) is 0 Å². The van der Waals surface area contributed by atoms with Crippen LogP contribution in [0.4, 0.5) is 0 Å². The van der Waals surface area contributed by atoms with E-state index in [1.807, 2.05) is 6.92 Å². The zero-order valence-electron chi connectivity index (χ0n) is 8.72. The fraction of sp³-hybridized carbons (Fsp3) is 1.00. The van der Waals surface area contributed by atoms with E-state index in [1.165, 1.54) is 19.3 Å². The third kappa shape index (κ3) is 12.2. The fourth-order valence-corrected chi connectivity index (χ4v) is 1.09. The Bertz CT molecular complexity index is 96.9. The van der Waals surface area contributed by atoms with Crippen LogP contribution in [0.2, 0.25) is 0 Å². The number of ether oxygens (including phenoxy) is 2. The van der Waals surface area contributed by atoms with Gasteiger partial charge >= 0.3 is 0 Å². The van der Waals surface area contributed by atoms with E-state index in [9.17, 15) is 0 Å². The molecule has 0 radical (unpaired) electrons. The largest absolute Gasteiger partial charge is 0.379 e. The molecule has 0 rings (SSSR count). The quantitative estimate of drug-likeness (QED) is 0.428. The zero-order valence-corrected chi connectivity index (χ0v) is 9.48. The maximum absolute atomic E-state index is 5.58. The Labute approximate surface area is 86.6 Å². The van der Waals surface area contributed by atoms with Gasteiger partial charge in [-0.1, -0.05) is 37.8 Å². The van der Waals surface area contributed by atoms with E-state index in [4.69, 9.17) is 21.1 Å². The highest BCUT2D eigenvalue weighted by atomic mass is 35.5. The van der Waals surface area contributed by atoms with Crippen molar-refractivity contribution in [1.82, 2.24) is 0 Å². The van der Waals surface area contributed by atoms with Crippen LogP contribution < -0.4 is 0 Å². The predicted octanol–water partition coefficient (Wildman–Crippen LogP) is 3.18. The van der Waals surface area contributed by atoms with Crippen LogP contribution in [0.1, 0.15) is 39.5 Å². The Kier molecular flexibility index (Phi) is 10.5. The highest BCUT2D eigenvalue weighted by Gasteiger charge is 1.94. The third-order valence-electron chi connectivity index (χ3n) is 1.72. The standard InChI is InChI=1S/C10H21ClO2/c1-3-4-5-6-7-12-8-9-13-10(2)11/h10H,3-9H2,1-2H3. The molecule has 0 amide bonds. The van der Waals surface area contributed by atoms with Gasteiger partial charge in [0.25, 0.3) is 0 Å². The number of unbranched alkanes of at least 4 members (excludes halogenated alkanes) is 3. The minimum Gasteiger partial charge on any atom is -0.379 e. The van der Waals surface area contributed by atoms with Crippen molar-refractivity contribution in [2.75, 3.05) is 19.8 Å². The molecular formula is C10H21ClO2. The summed E-state index contributed by atoms with van der Waals surface area (Å²) in [5.74, 6) is 0. The van der Waals surface area contributed by atoms with E-state index in [2.05, 4.69) is 6.92 Å². The van der Waals surface area contributed by atoms with E-state index in [0.29, 0.717) is 13.2 Å². The highest BCUT2D eigenvalue weighted by molar-refractivity contribution is 6.19. The van der Waals surface area contributed by atoms with E-state index in [1.54, 1.807) is 0 Å². The first-order valence-corrected chi connectivity index (χ1v) is 5.54. The normalized spacial score (nSPS) is 13.2. The summed E-state index contributed by atoms with van der Waals surface area (Å²) in [6.07, 6.45) is 5.00. The first kappa shape index (κ1) is 13.2. The molecule has 1 atom stereocenters. The van der Waals surface area contributed by atoms with Crippen molar-refractivity contribution in [2.45, 2.75) is 45.1 Å². The van der Waals surface area contributed by atoms with Gasteiger partial charge in [-0.15, -0.1) is 0 Å². The predicted molar refractivity (Wildman–Crippen MR) is 56.2 cm³/mol. The molecule has 0 bridgehead atoms. The average molecular weight is 209 g/mol. The van der Waals surface area contributed by atoms with Crippen molar-refractivity contribution in [3.05, 3.63) is 0 Å². The second kappa shape index (κ2) is 10.3. The molecule has 0 heterocycles. The molecule has 0 N–H and O–H groups in total. The monoisotopic (exact) mass is 208 g/mol. The Morgan fingerprint density at radius 2 is 1.85 bits per heavy atom. The summed E-state index contributed by atoms with van der Waals surface area (Å²) < 4.78 is 10.5. The van der Waals surface area contributed by atoms with Gasteiger partial charge < -0.3 is 9.47 Å². The summed E-state index contributed by atoms with van der Waals surface area (Å²) in [6, 6.07) is 0. The lowest BCUT2D eigenvalue weighted by atomic mass is 10.2. The lowest BCUT2D eigenvalue weighted by molar-refractivity contribution is 0.0389. The summed E-state index contributed by atoms with van der Waals surface area (Å²) in [5, 5.41) is 0. The lowest BCUT2D eigenvalue weighted by Gasteiger charge is -2.06. The van der Waals surface area contributed by atoms with Crippen LogP contribution in [-0.4, -0.2) is 25.4 Å². The Balaban J connectivity index is 2.84. The van der Waals surface area contributed by atoms with Crippen molar-refractivity contribution in [2.24, 2.45) is 0 Å². The van der Waals surface area contributed by atoms with Gasteiger partial charge in [-0.3, -0.25) is 0 Å². The lowest BCUT2D eigenvalue weighted by Crippen LogP contribution is -2.08. The average Bonchev–Trinajstić information content (AvgIpc) is 2.09. The molecule has 0 fully saturated rings. The Morgan fingerprint density at radius 3 is 2.46 bits per heavy atom. The number of alkyl halides is 1. The van der Waals surface area contributed by atoms with Gasteiger partial charge in [0, 0.05) is 6.61 Å². The summed E-state index contributed by atoms with van der Waals surface area (Å²) >= 11 is 5.58. The molecule has 0 aliphatic carbocycles. The number of hydrogen-bond acceptors (Lipinski definition) is 2. The Morgan fingerprint density at radius 1 is 1.08 bits per heavy atom. The minimum atomic E-state index is -0.205. The molecule has 13 heavy (non-hydrogen) atoms. The summed E-state index contributed by atoms with van der Waals surface area (Å²) in [5.41, 5.74) is -0.205. The van der Waals surface area contributed by atoms with Gasteiger partial charge in [0.15, 0.2) is 0 Å². The van der Waals surface area contributed by atoms with Gasteiger partial charge in [-0.05, 0) is 13.3 Å². The van der Waals surface area contributed by atoms with Crippen molar-refractivity contribution < 1.29 is 9.47 Å². The minimum absolute atomic E-state index is 0.205. The number of halogens is 1. The molecule has 0 saturated carbocycles. The number of hydrogen-bond donors (Lipinski definition) is 0. The highest BCUT2D eigenvalue weighted by Crippen LogP contribution is 1.99. The number of rotatable bonds is 9. The van der Waals surface area contributed by atoms with Gasteiger partial charge in [0.05, 0.1) is 13.2 Å². The van der Waals surface area contributed by atoms with Crippen LogP contribution in [0.15, 0.2) is 0 Å². The van der Waals surface area contributed by atoms with Crippen LogP contribution in [0.25, 0.3) is 0 Å². The second-order valence-corrected chi connectivity index (χ2v) is 3.70. The zero-order chi connectivity index (χ0) is 9.94. The van der Waals surface area contributed by atoms with Crippen LogP contribution in [0.3, 0.4) is 0 Å². The van der Waals surface area contributed by atoms with Gasteiger partial charge in [-0.25, -0.2) is 0 Å². The van der Waals surface area contributed by atoms with E-state index < -0.39 is 0 Å². The molecule has 0 aromatic carbocycles. The van der Waals surface area contributed by atoms with Crippen molar-refractivity contribution in [3.8, 4) is 0 Å². The maximum atomic E-state index is 5.58. The first-order chi connectivity index (χ1) is 6.27. The van der Waals surface area contributed by atoms with E-state index >= 15 is 0 Å². The molecule has 0 aliphatic heterocycles. The van der Waals surface area contributed by atoms with Crippen molar-refractivity contribution in [3.63, 3.8) is 0 Å². The summed E-state index contributed by atoms with van der Waals surface area (Å²) in [6.45, 7) is 6.11. The molecule has 80 valence electrons. The molecule has 0 aromatic heterocycles. The molecule has 0 saturated heterocycles. The van der Waals surface area contributed by atoms with E-state index in [0.717, 1.165) is 13.0 Å². The van der Waals surface area contributed by atoms with Gasteiger partial charge in [0.1, 0.15) is 5.56 Å². The molecule has 1 unspecified atom stereocenters. The SMILES string of the molecule is CCCCCCOCCOC(C)Cl. The third-order valence-corrected chi connectivity index (χ3v) is 1.84. The van der Waals surface area contributed by atoms with E-state index in [-0.39, 0.29) is 5.56 Å². The topological polar surface area (TPSA) is 18.5 Å². The molecule has 3 heteroatoms. The van der Waals surface area contributed by atoms with Crippen molar-refractivity contribution >= 4 is 11.6 Å². The summed E-state index contributed by atoms with van der Waals surface area (Å²) in [4.78, 5) is 0. The Hall–Kier alpha value is 0.210. The summed E-state index contributed by atoms with van der Waals surface area (Å²) in [7, 11) is 0. The van der Waals surface area contributed by atoms with Crippen LogP contribution in [0, 0.1) is 0 Å².